The van der Waals surface area contributed by atoms with Crippen LogP contribution in [0.1, 0.15) is 11.7 Å². The highest BCUT2D eigenvalue weighted by molar-refractivity contribution is 5.43. The Balaban J connectivity index is 2.23. The van der Waals surface area contributed by atoms with Crippen LogP contribution in [0, 0.1) is 0 Å². The summed E-state index contributed by atoms with van der Waals surface area (Å²) in [4.78, 5) is 11.6. The highest BCUT2D eigenvalue weighted by atomic mass is 16.5. The first-order valence-electron chi connectivity index (χ1n) is 6.08. The van der Waals surface area contributed by atoms with Crippen molar-refractivity contribution in [2.45, 2.75) is 12.6 Å². The molecule has 0 bridgehead atoms. The zero-order chi connectivity index (χ0) is 14.5. The molecule has 0 aliphatic rings. The van der Waals surface area contributed by atoms with Gasteiger partial charge in [-0.3, -0.25) is 4.79 Å². The van der Waals surface area contributed by atoms with E-state index in [-0.39, 0.29) is 12.1 Å². The van der Waals surface area contributed by atoms with Crippen LogP contribution < -0.4 is 15.0 Å². The summed E-state index contributed by atoms with van der Waals surface area (Å²) in [6, 6.07) is 8.06. The largest absolute Gasteiger partial charge is 0.493 e. The molecule has 2 rings (SSSR count). The van der Waals surface area contributed by atoms with E-state index in [1.165, 1.54) is 24.1 Å². The molecular weight excluding hydrogens is 260 g/mol. The number of rotatable bonds is 5. The van der Waals surface area contributed by atoms with Crippen molar-refractivity contribution in [3.8, 4) is 11.5 Å². The number of benzene rings is 1. The van der Waals surface area contributed by atoms with Crippen molar-refractivity contribution in [1.82, 2.24) is 9.78 Å². The van der Waals surface area contributed by atoms with Gasteiger partial charge in [0.15, 0.2) is 11.5 Å². The minimum Gasteiger partial charge on any atom is -0.493 e. The van der Waals surface area contributed by atoms with Gasteiger partial charge in [0.25, 0.3) is 5.56 Å². The zero-order valence-corrected chi connectivity index (χ0v) is 11.3. The molecule has 20 heavy (non-hydrogen) atoms. The van der Waals surface area contributed by atoms with Crippen LogP contribution in [0.3, 0.4) is 0 Å². The summed E-state index contributed by atoms with van der Waals surface area (Å²) < 4.78 is 11.5. The molecule has 1 aromatic carbocycles. The molecule has 0 saturated carbocycles. The van der Waals surface area contributed by atoms with Crippen LogP contribution in [0.25, 0.3) is 0 Å². The topological polar surface area (TPSA) is 73.6 Å². The van der Waals surface area contributed by atoms with Crippen LogP contribution in [0.5, 0.6) is 11.5 Å². The van der Waals surface area contributed by atoms with Crippen molar-refractivity contribution in [2.24, 2.45) is 0 Å². The standard InChI is InChI=1S/C14H16N2O4/c1-19-12-6-5-10(8-13(12)20-2)11(17)9-16-14(18)4-3-7-15-16/h3-8,11,17H,9H2,1-2H3. The Hall–Kier alpha value is -2.34. The lowest BCUT2D eigenvalue weighted by atomic mass is 10.1. The van der Waals surface area contributed by atoms with E-state index in [4.69, 9.17) is 9.47 Å². The Bertz CT molecular complexity index is 639. The van der Waals surface area contributed by atoms with Crippen molar-refractivity contribution in [3.05, 3.63) is 52.4 Å². The van der Waals surface area contributed by atoms with Crippen LogP contribution >= 0.6 is 0 Å². The van der Waals surface area contributed by atoms with Gasteiger partial charge in [-0.15, -0.1) is 0 Å². The number of aliphatic hydroxyl groups is 1. The van der Waals surface area contributed by atoms with Gasteiger partial charge in [-0.2, -0.15) is 5.10 Å². The van der Waals surface area contributed by atoms with Crippen LogP contribution in [-0.4, -0.2) is 29.1 Å². The number of hydrogen-bond donors (Lipinski definition) is 1. The number of nitrogens with zero attached hydrogens (tertiary/aromatic N) is 2. The third kappa shape index (κ3) is 2.97. The summed E-state index contributed by atoms with van der Waals surface area (Å²) in [6.07, 6.45) is 0.644. The summed E-state index contributed by atoms with van der Waals surface area (Å²) in [7, 11) is 3.07. The average Bonchev–Trinajstić information content (AvgIpc) is 2.48. The lowest BCUT2D eigenvalue weighted by molar-refractivity contribution is 0.149. The van der Waals surface area contributed by atoms with Gasteiger partial charge in [0, 0.05) is 12.3 Å². The fourth-order valence-corrected chi connectivity index (χ4v) is 1.85. The molecule has 0 amide bonds. The minimum atomic E-state index is -0.859. The number of aromatic nitrogens is 2. The van der Waals surface area contributed by atoms with Gasteiger partial charge < -0.3 is 14.6 Å². The highest BCUT2D eigenvalue weighted by Gasteiger charge is 2.13. The van der Waals surface area contributed by atoms with E-state index in [9.17, 15) is 9.90 Å². The van der Waals surface area contributed by atoms with Crippen molar-refractivity contribution in [3.63, 3.8) is 0 Å². The summed E-state index contributed by atoms with van der Waals surface area (Å²) in [5.41, 5.74) is 0.368. The van der Waals surface area contributed by atoms with Gasteiger partial charge in [0.1, 0.15) is 0 Å². The van der Waals surface area contributed by atoms with Crippen molar-refractivity contribution < 1.29 is 14.6 Å². The first kappa shape index (κ1) is 14.1. The molecule has 0 aliphatic carbocycles. The zero-order valence-electron chi connectivity index (χ0n) is 11.3. The molecule has 0 spiro atoms. The number of aliphatic hydroxyl groups excluding tert-OH is 1. The van der Waals surface area contributed by atoms with E-state index < -0.39 is 6.10 Å². The predicted octanol–water partition coefficient (Wildman–Crippen LogP) is 0.994. The normalized spacial score (nSPS) is 11.9. The Morgan fingerprint density at radius 3 is 2.65 bits per heavy atom. The molecule has 1 unspecified atom stereocenters. The van der Waals surface area contributed by atoms with Gasteiger partial charge in [-0.05, 0) is 23.8 Å². The van der Waals surface area contributed by atoms with Gasteiger partial charge in [-0.1, -0.05) is 6.07 Å². The fourth-order valence-electron chi connectivity index (χ4n) is 1.85. The van der Waals surface area contributed by atoms with Crippen molar-refractivity contribution in [2.75, 3.05) is 14.2 Å². The Morgan fingerprint density at radius 2 is 2.00 bits per heavy atom. The molecule has 2 aromatic rings. The number of methoxy groups -OCH3 is 2. The number of ether oxygens (including phenoxy) is 2. The predicted molar refractivity (Wildman–Crippen MR) is 73.0 cm³/mol. The van der Waals surface area contributed by atoms with Gasteiger partial charge in [0.05, 0.1) is 26.9 Å². The molecule has 0 fully saturated rings. The molecule has 106 valence electrons. The first-order valence-corrected chi connectivity index (χ1v) is 6.08. The molecule has 0 saturated heterocycles. The van der Waals surface area contributed by atoms with E-state index in [0.29, 0.717) is 17.1 Å². The third-order valence-corrected chi connectivity index (χ3v) is 2.92. The van der Waals surface area contributed by atoms with Crippen LogP contribution in [0.4, 0.5) is 0 Å². The molecule has 1 atom stereocenters. The molecule has 1 heterocycles. The highest BCUT2D eigenvalue weighted by Crippen LogP contribution is 2.30. The fraction of sp³-hybridized carbons (Fsp3) is 0.286. The van der Waals surface area contributed by atoms with Gasteiger partial charge >= 0.3 is 0 Å². The summed E-state index contributed by atoms with van der Waals surface area (Å²) in [5.74, 6) is 1.11. The van der Waals surface area contributed by atoms with Gasteiger partial charge in [-0.25, -0.2) is 4.68 Å². The van der Waals surface area contributed by atoms with Crippen LogP contribution in [-0.2, 0) is 6.54 Å². The summed E-state index contributed by atoms with van der Waals surface area (Å²) in [6.45, 7) is 0.0785. The van der Waals surface area contributed by atoms with Crippen molar-refractivity contribution in [1.29, 1.82) is 0 Å². The van der Waals surface area contributed by atoms with Gasteiger partial charge in [0.2, 0.25) is 0 Å². The summed E-state index contributed by atoms with van der Waals surface area (Å²) in [5, 5.41) is 14.1. The SMILES string of the molecule is COc1ccc(C(O)Cn2ncccc2=O)cc1OC. The second-order valence-corrected chi connectivity index (χ2v) is 4.17. The minimum absolute atomic E-state index is 0.0785. The lowest BCUT2D eigenvalue weighted by Crippen LogP contribution is -2.24. The van der Waals surface area contributed by atoms with Crippen LogP contribution in [0.2, 0.25) is 0 Å². The van der Waals surface area contributed by atoms with Crippen molar-refractivity contribution >= 4 is 0 Å². The smallest absolute Gasteiger partial charge is 0.266 e. The molecule has 1 N–H and O–H groups in total. The molecule has 0 radical (unpaired) electrons. The molecule has 1 aromatic heterocycles. The van der Waals surface area contributed by atoms with Crippen LogP contribution in [0.15, 0.2) is 41.3 Å². The lowest BCUT2D eigenvalue weighted by Gasteiger charge is -2.14. The number of hydrogen-bond acceptors (Lipinski definition) is 5. The maximum atomic E-state index is 11.6. The summed E-state index contributed by atoms with van der Waals surface area (Å²) >= 11 is 0. The maximum absolute atomic E-state index is 11.6. The Kier molecular flexibility index (Phi) is 4.37. The average molecular weight is 276 g/mol. The van der Waals surface area contributed by atoms with E-state index in [1.807, 2.05) is 0 Å². The van der Waals surface area contributed by atoms with E-state index in [2.05, 4.69) is 5.10 Å². The molecule has 0 aliphatic heterocycles. The molecule has 6 heteroatoms. The third-order valence-electron chi connectivity index (χ3n) is 2.92. The first-order chi connectivity index (χ1) is 9.65. The monoisotopic (exact) mass is 276 g/mol. The quantitative estimate of drug-likeness (QED) is 0.881. The second-order valence-electron chi connectivity index (χ2n) is 4.17. The van der Waals surface area contributed by atoms with E-state index >= 15 is 0 Å². The second kappa shape index (κ2) is 6.21. The maximum Gasteiger partial charge on any atom is 0.266 e. The van der Waals surface area contributed by atoms with E-state index in [0.717, 1.165) is 0 Å². The van der Waals surface area contributed by atoms with E-state index in [1.54, 1.807) is 31.4 Å². The Morgan fingerprint density at radius 1 is 1.25 bits per heavy atom. The molecular formula is C14H16N2O4. The Labute approximate surface area is 116 Å². The molecule has 6 nitrogen and oxygen atoms in total.